The molecule has 0 aliphatic carbocycles. The number of nitrogens with zero attached hydrogens (tertiary/aromatic N) is 2. The smallest absolute Gasteiger partial charge is 0.183 e. The predicted octanol–water partition coefficient (Wildman–Crippen LogP) is 5.83. The van der Waals surface area contributed by atoms with E-state index < -0.39 is 0 Å². The van der Waals surface area contributed by atoms with Gasteiger partial charge in [-0.3, -0.25) is 0 Å². The molecule has 1 N–H and O–H groups in total. The SMILES string of the molecule is CC[C@@H](C)Nc1nc2ccc(-c3ocnc3-c3ccccc3)cc2s1. The first-order valence-corrected chi connectivity index (χ1v) is 9.22. The number of nitrogens with one attached hydrogen (secondary N) is 1. The number of benzene rings is 2. The van der Waals surface area contributed by atoms with Crippen LogP contribution in [0.25, 0.3) is 32.8 Å². The van der Waals surface area contributed by atoms with E-state index in [1.807, 2.05) is 42.5 Å². The van der Waals surface area contributed by atoms with Gasteiger partial charge in [-0.15, -0.1) is 0 Å². The standard InChI is InChI=1S/C20H19N3OS/c1-3-13(2)22-20-23-16-10-9-15(11-17(16)25-20)19-18(21-12-24-19)14-7-5-4-6-8-14/h4-13H,3H2,1-2H3,(H,22,23)/t13-/m1/s1. The van der Waals surface area contributed by atoms with Crippen molar-refractivity contribution in [3.05, 3.63) is 54.9 Å². The average molecular weight is 349 g/mol. The molecule has 0 unspecified atom stereocenters. The summed E-state index contributed by atoms with van der Waals surface area (Å²) >= 11 is 1.67. The van der Waals surface area contributed by atoms with Crippen molar-refractivity contribution in [2.45, 2.75) is 26.3 Å². The molecule has 1 atom stereocenters. The van der Waals surface area contributed by atoms with E-state index in [4.69, 9.17) is 4.42 Å². The molecule has 2 aromatic carbocycles. The minimum atomic E-state index is 0.416. The molecule has 0 fully saturated rings. The Kier molecular flexibility index (Phi) is 4.24. The number of fused-ring (bicyclic) bond motifs is 1. The second-order valence-corrected chi connectivity index (χ2v) is 7.08. The van der Waals surface area contributed by atoms with Crippen molar-refractivity contribution in [2.75, 3.05) is 5.32 Å². The minimum absolute atomic E-state index is 0.416. The van der Waals surface area contributed by atoms with E-state index in [2.05, 4.69) is 35.2 Å². The maximum absolute atomic E-state index is 5.70. The van der Waals surface area contributed by atoms with Crippen LogP contribution in [0.2, 0.25) is 0 Å². The molecule has 0 amide bonds. The summed E-state index contributed by atoms with van der Waals surface area (Å²) < 4.78 is 6.84. The van der Waals surface area contributed by atoms with E-state index in [1.165, 1.54) is 6.39 Å². The first kappa shape index (κ1) is 15.8. The van der Waals surface area contributed by atoms with Crippen molar-refractivity contribution in [2.24, 2.45) is 0 Å². The number of hydrogen-bond acceptors (Lipinski definition) is 5. The summed E-state index contributed by atoms with van der Waals surface area (Å²) in [6.07, 6.45) is 2.57. The fraction of sp³-hybridized carbons (Fsp3) is 0.200. The maximum atomic E-state index is 5.70. The molecule has 2 heterocycles. The quantitative estimate of drug-likeness (QED) is 0.492. The van der Waals surface area contributed by atoms with Crippen molar-refractivity contribution in [3.8, 4) is 22.6 Å². The predicted molar refractivity (Wildman–Crippen MR) is 104 cm³/mol. The fourth-order valence-corrected chi connectivity index (χ4v) is 3.71. The van der Waals surface area contributed by atoms with Crippen molar-refractivity contribution in [3.63, 3.8) is 0 Å². The lowest BCUT2D eigenvalue weighted by molar-refractivity contribution is 0.572. The van der Waals surface area contributed by atoms with E-state index in [0.717, 1.165) is 44.4 Å². The molecule has 0 bridgehead atoms. The van der Waals surface area contributed by atoms with Crippen LogP contribution in [0.3, 0.4) is 0 Å². The Hall–Kier alpha value is -2.66. The van der Waals surface area contributed by atoms with Crippen molar-refractivity contribution in [1.82, 2.24) is 9.97 Å². The molecule has 4 aromatic rings. The topological polar surface area (TPSA) is 51.0 Å². The van der Waals surface area contributed by atoms with Crippen LogP contribution in [-0.4, -0.2) is 16.0 Å². The van der Waals surface area contributed by atoms with Gasteiger partial charge >= 0.3 is 0 Å². The number of thiazole rings is 1. The van der Waals surface area contributed by atoms with Crippen LogP contribution < -0.4 is 5.32 Å². The van der Waals surface area contributed by atoms with Gasteiger partial charge in [0, 0.05) is 17.2 Å². The zero-order valence-corrected chi connectivity index (χ0v) is 15.0. The Balaban J connectivity index is 1.72. The van der Waals surface area contributed by atoms with Gasteiger partial charge in [-0.25, -0.2) is 9.97 Å². The number of rotatable bonds is 5. The second kappa shape index (κ2) is 6.69. The average Bonchev–Trinajstić information content (AvgIpc) is 3.28. The van der Waals surface area contributed by atoms with Gasteiger partial charge in [0.05, 0.1) is 10.2 Å². The van der Waals surface area contributed by atoms with Gasteiger partial charge in [-0.1, -0.05) is 48.6 Å². The Labute approximate surface area is 150 Å². The van der Waals surface area contributed by atoms with Crippen molar-refractivity contribution >= 4 is 26.7 Å². The summed E-state index contributed by atoms with van der Waals surface area (Å²) in [5.41, 5.74) is 3.93. The van der Waals surface area contributed by atoms with Crippen molar-refractivity contribution in [1.29, 1.82) is 0 Å². The van der Waals surface area contributed by atoms with Crippen LogP contribution in [0.1, 0.15) is 20.3 Å². The Morgan fingerprint density at radius 1 is 1.12 bits per heavy atom. The molecule has 0 spiro atoms. The van der Waals surface area contributed by atoms with Crippen LogP contribution in [0.5, 0.6) is 0 Å². The lowest BCUT2D eigenvalue weighted by Gasteiger charge is -2.08. The van der Waals surface area contributed by atoms with Gasteiger partial charge in [-0.05, 0) is 31.5 Å². The number of aromatic nitrogens is 2. The minimum Gasteiger partial charge on any atom is -0.443 e. The van der Waals surface area contributed by atoms with E-state index in [1.54, 1.807) is 11.3 Å². The second-order valence-electron chi connectivity index (χ2n) is 6.05. The molecule has 0 saturated heterocycles. The Morgan fingerprint density at radius 2 is 1.96 bits per heavy atom. The Bertz CT molecular complexity index is 991. The fourth-order valence-electron chi connectivity index (χ4n) is 2.69. The monoisotopic (exact) mass is 349 g/mol. The summed E-state index contributed by atoms with van der Waals surface area (Å²) in [6, 6.07) is 16.7. The summed E-state index contributed by atoms with van der Waals surface area (Å²) in [6.45, 7) is 4.33. The highest BCUT2D eigenvalue weighted by Crippen LogP contribution is 2.35. The van der Waals surface area contributed by atoms with E-state index in [-0.39, 0.29) is 0 Å². The van der Waals surface area contributed by atoms with Crippen LogP contribution >= 0.6 is 11.3 Å². The maximum Gasteiger partial charge on any atom is 0.183 e. The molecule has 5 heteroatoms. The van der Waals surface area contributed by atoms with E-state index >= 15 is 0 Å². The first-order valence-electron chi connectivity index (χ1n) is 8.41. The third-order valence-electron chi connectivity index (χ3n) is 4.25. The Morgan fingerprint density at radius 3 is 2.76 bits per heavy atom. The van der Waals surface area contributed by atoms with Gasteiger partial charge in [-0.2, -0.15) is 0 Å². The molecular weight excluding hydrogens is 330 g/mol. The van der Waals surface area contributed by atoms with E-state index in [9.17, 15) is 0 Å². The number of anilines is 1. The van der Waals surface area contributed by atoms with Crippen LogP contribution in [0.15, 0.2) is 59.3 Å². The van der Waals surface area contributed by atoms with Gasteiger partial charge in [0.25, 0.3) is 0 Å². The van der Waals surface area contributed by atoms with Gasteiger partial charge < -0.3 is 9.73 Å². The van der Waals surface area contributed by atoms with E-state index in [0.29, 0.717) is 6.04 Å². The van der Waals surface area contributed by atoms with Crippen LogP contribution in [-0.2, 0) is 0 Å². The lowest BCUT2D eigenvalue weighted by atomic mass is 10.1. The third kappa shape index (κ3) is 3.15. The highest BCUT2D eigenvalue weighted by atomic mass is 32.1. The molecule has 0 saturated carbocycles. The molecule has 4 rings (SSSR count). The van der Waals surface area contributed by atoms with Gasteiger partial charge in [0.2, 0.25) is 0 Å². The number of oxazole rings is 1. The molecule has 0 aliphatic rings. The van der Waals surface area contributed by atoms with Crippen LogP contribution in [0.4, 0.5) is 5.13 Å². The molecule has 0 aliphatic heterocycles. The molecule has 126 valence electrons. The molecule has 2 aromatic heterocycles. The third-order valence-corrected chi connectivity index (χ3v) is 5.20. The lowest BCUT2D eigenvalue weighted by Crippen LogP contribution is -2.12. The summed E-state index contributed by atoms with van der Waals surface area (Å²) in [5, 5.41) is 4.40. The molecular formula is C20H19N3OS. The van der Waals surface area contributed by atoms with Crippen molar-refractivity contribution < 1.29 is 4.42 Å². The van der Waals surface area contributed by atoms with Gasteiger partial charge in [0.15, 0.2) is 17.3 Å². The summed E-state index contributed by atoms with van der Waals surface area (Å²) in [4.78, 5) is 9.07. The van der Waals surface area contributed by atoms with Gasteiger partial charge in [0.1, 0.15) is 5.69 Å². The molecule has 0 radical (unpaired) electrons. The normalized spacial score (nSPS) is 12.4. The summed E-state index contributed by atoms with van der Waals surface area (Å²) in [5.74, 6) is 0.790. The highest BCUT2D eigenvalue weighted by Gasteiger charge is 2.14. The highest BCUT2D eigenvalue weighted by molar-refractivity contribution is 7.22. The zero-order chi connectivity index (χ0) is 17.2. The summed E-state index contributed by atoms with van der Waals surface area (Å²) in [7, 11) is 0. The number of hydrogen-bond donors (Lipinski definition) is 1. The van der Waals surface area contributed by atoms with Crippen LogP contribution in [0, 0.1) is 0 Å². The first-order chi connectivity index (χ1) is 12.2. The molecule has 4 nitrogen and oxygen atoms in total. The zero-order valence-electron chi connectivity index (χ0n) is 14.2. The molecule has 25 heavy (non-hydrogen) atoms. The largest absolute Gasteiger partial charge is 0.443 e.